The molecule has 0 amide bonds. The fraction of sp³-hybridized carbons (Fsp3) is 0.538. The Hall–Kier alpha value is -0.510. The Balaban J connectivity index is 2.62. The van der Waals surface area contributed by atoms with Gasteiger partial charge in [0.05, 0.1) is 0 Å². The second-order valence-corrected chi connectivity index (χ2v) is 5.19. The highest BCUT2D eigenvalue weighted by atomic mass is 32.2. The molecule has 1 aromatic rings. The van der Waals surface area contributed by atoms with Gasteiger partial charge >= 0.3 is 0 Å². The van der Waals surface area contributed by atoms with Gasteiger partial charge in [-0.25, -0.2) is 0 Å². The third-order valence-electron chi connectivity index (χ3n) is 2.92. The maximum atomic E-state index is 5.84. The highest BCUT2D eigenvalue weighted by Crippen LogP contribution is 2.19. The summed E-state index contributed by atoms with van der Waals surface area (Å²) < 4.78 is 0. The van der Waals surface area contributed by atoms with Gasteiger partial charge in [0, 0.05) is 23.0 Å². The highest BCUT2D eigenvalue weighted by molar-refractivity contribution is 7.98. The quantitative estimate of drug-likeness (QED) is 0.775. The normalized spacial score (nSPS) is 16.8. The summed E-state index contributed by atoms with van der Waals surface area (Å²) in [6, 6.07) is 9.53. The first-order valence-corrected chi connectivity index (χ1v) is 6.92. The molecule has 0 heterocycles. The van der Waals surface area contributed by atoms with Gasteiger partial charge in [-0.1, -0.05) is 12.1 Å². The molecule has 16 heavy (non-hydrogen) atoms. The summed E-state index contributed by atoms with van der Waals surface area (Å²) in [7, 11) is 0. The van der Waals surface area contributed by atoms with Crippen LogP contribution in [-0.2, 0) is 0 Å². The van der Waals surface area contributed by atoms with Crippen LogP contribution in [0.4, 0.5) is 0 Å². The van der Waals surface area contributed by atoms with Crippen molar-refractivity contribution < 1.29 is 0 Å². The predicted molar refractivity (Wildman–Crippen MR) is 72.9 cm³/mol. The van der Waals surface area contributed by atoms with Crippen LogP contribution in [0.5, 0.6) is 0 Å². The number of nitrogens with two attached hydrogens (primary N) is 1. The summed E-state index contributed by atoms with van der Waals surface area (Å²) in [5.74, 6) is 0. The molecule has 3 heteroatoms. The summed E-state index contributed by atoms with van der Waals surface area (Å²) in [6.07, 6.45) is 2.09. The Morgan fingerprint density at radius 1 is 1.12 bits per heavy atom. The van der Waals surface area contributed by atoms with Gasteiger partial charge in [0.15, 0.2) is 0 Å². The lowest BCUT2D eigenvalue weighted by atomic mass is 10.1. The van der Waals surface area contributed by atoms with E-state index in [2.05, 4.69) is 49.7 Å². The Morgan fingerprint density at radius 2 is 1.69 bits per heavy atom. The molecule has 0 aliphatic rings. The van der Waals surface area contributed by atoms with E-state index in [0.29, 0.717) is 12.1 Å². The van der Waals surface area contributed by atoms with E-state index in [1.807, 2.05) is 6.92 Å². The van der Waals surface area contributed by atoms with E-state index in [9.17, 15) is 0 Å². The topological polar surface area (TPSA) is 38.0 Å². The van der Waals surface area contributed by atoms with E-state index in [-0.39, 0.29) is 6.04 Å². The molecule has 0 radical (unpaired) electrons. The van der Waals surface area contributed by atoms with E-state index in [0.717, 1.165) is 0 Å². The largest absolute Gasteiger partial charge is 0.327 e. The maximum Gasteiger partial charge on any atom is 0.0294 e. The molecule has 3 atom stereocenters. The second-order valence-electron chi connectivity index (χ2n) is 4.31. The zero-order valence-electron chi connectivity index (χ0n) is 10.5. The SMILES string of the molecule is CSc1ccc(C(C)NC(C)C(C)N)cc1. The predicted octanol–water partition coefficient (Wildman–Crippen LogP) is 2.79. The minimum Gasteiger partial charge on any atom is -0.327 e. The molecule has 0 fully saturated rings. The molecule has 1 aromatic carbocycles. The van der Waals surface area contributed by atoms with E-state index >= 15 is 0 Å². The zero-order valence-corrected chi connectivity index (χ0v) is 11.3. The molecule has 3 unspecified atom stereocenters. The van der Waals surface area contributed by atoms with Crippen LogP contribution in [0.2, 0.25) is 0 Å². The molecule has 0 spiro atoms. The van der Waals surface area contributed by atoms with Crippen molar-refractivity contribution in [3.63, 3.8) is 0 Å². The first kappa shape index (κ1) is 13.6. The van der Waals surface area contributed by atoms with Gasteiger partial charge in [-0.3, -0.25) is 0 Å². The Labute approximate surface area is 103 Å². The first-order chi connectivity index (χ1) is 7.54. The summed E-state index contributed by atoms with van der Waals surface area (Å²) in [6.45, 7) is 6.33. The van der Waals surface area contributed by atoms with Crippen molar-refractivity contribution in [2.45, 2.75) is 43.8 Å². The fourth-order valence-electron chi connectivity index (χ4n) is 1.53. The van der Waals surface area contributed by atoms with Crippen LogP contribution in [-0.4, -0.2) is 18.3 Å². The lowest BCUT2D eigenvalue weighted by Gasteiger charge is -2.23. The average molecular weight is 238 g/mol. The van der Waals surface area contributed by atoms with Crippen molar-refractivity contribution >= 4 is 11.8 Å². The number of nitrogens with one attached hydrogen (secondary N) is 1. The van der Waals surface area contributed by atoms with Crippen molar-refractivity contribution in [2.75, 3.05) is 6.26 Å². The number of rotatable bonds is 5. The molecule has 0 aromatic heterocycles. The molecule has 1 rings (SSSR count). The van der Waals surface area contributed by atoms with Crippen molar-refractivity contribution in [1.29, 1.82) is 0 Å². The van der Waals surface area contributed by atoms with E-state index in [1.165, 1.54) is 10.5 Å². The van der Waals surface area contributed by atoms with E-state index in [4.69, 9.17) is 5.73 Å². The van der Waals surface area contributed by atoms with Crippen molar-refractivity contribution in [1.82, 2.24) is 5.32 Å². The highest BCUT2D eigenvalue weighted by Gasteiger charge is 2.12. The van der Waals surface area contributed by atoms with E-state index in [1.54, 1.807) is 11.8 Å². The van der Waals surface area contributed by atoms with Crippen LogP contribution in [0.15, 0.2) is 29.2 Å². The van der Waals surface area contributed by atoms with E-state index < -0.39 is 0 Å². The summed E-state index contributed by atoms with van der Waals surface area (Å²) in [5.41, 5.74) is 7.15. The van der Waals surface area contributed by atoms with Gasteiger partial charge in [-0.15, -0.1) is 11.8 Å². The molecular formula is C13H22N2S. The minimum atomic E-state index is 0.174. The van der Waals surface area contributed by atoms with Gasteiger partial charge in [0.2, 0.25) is 0 Å². The molecule has 3 N–H and O–H groups in total. The molecule has 90 valence electrons. The number of thioether (sulfide) groups is 1. The van der Waals surface area contributed by atoms with Crippen LogP contribution in [0.1, 0.15) is 32.4 Å². The van der Waals surface area contributed by atoms with Gasteiger partial charge < -0.3 is 11.1 Å². The Kier molecular flexibility index (Phi) is 5.32. The zero-order chi connectivity index (χ0) is 12.1. The van der Waals surface area contributed by atoms with Crippen LogP contribution in [0.25, 0.3) is 0 Å². The second kappa shape index (κ2) is 6.28. The Bertz CT molecular complexity index is 308. The van der Waals surface area contributed by atoms with Crippen LogP contribution >= 0.6 is 11.8 Å². The smallest absolute Gasteiger partial charge is 0.0294 e. The fourth-order valence-corrected chi connectivity index (χ4v) is 1.94. The molecular weight excluding hydrogens is 216 g/mol. The summed E-state index contributed by atoms with van der Waals surface area (Å²) >= 11 is 1.77. The van der Waals surface area contributed by atoms with Gasteiger partial charge in [-0.05, 0) is 44.7 Å². The van der Waals surface area contributed by atoms with Crippen LogP contribution in [0, 0.1) is 0 Å². The third-order valence-corrected chi connectivity index (χ3v) is 3.66. The maximum absolute atomic E-state index is 5.84. The average Bonchev–Trinajstić information content (AvgIpc) is 2.28. The Morgan fingerprint density at radius 3 is 2.12 bits per heavy atom. The standard InChI is InChI=1S/C13H22N2S/c1-9(14)10(2)15-11(3)12-5-7-13(16-4)8-6-12/h5-11,15H,14H2,1-4H3. The van der Waals surface area contributed by atoms with Gasteiger partial charge in [0.25, 0.3) is 0 Å². The molecule has 0 saturated heterocycles. The number of benzene rings is 1. The van der Waals surface area contributed by atoms with Gasteiger partial charge in [-0.2, -0.15) is 0 Å². The molecule has 0 aliphatic carbocycles. The molecule has 0 aliphatic heterocycles. The number of hydrogen-bond donors (Lipinski definition) is 2. The first-order valence-electron chi connectivity index (χ1n) is 5.70. The van der Waals surface area contributed by atoms with Crippen LogP contribution < -0.4 is 11.1 Å². The lowest BCUT2D eigenvalue weighted by molar-refractivity contribution is 0.430. The summed E-state index contributed by atoms with van der Waals surface area (Å²) in [4.78, 5) is 1.30. The molecule has 0 saturated carbocycles. The lowest BCUT2D eigenvalue weighted by Crippen LogP contribution is -2.41. The summed E-state index contributed by atoms with van der Waals surface area (Å²) in [5, 5.41) is 3.50. The monoisotopic (exact) mass is 238 g/mol. The molecule has 2 nitrogen and oxygen atoms in total. The van der Waals surface area contributed by atoms with Crippen molar-refractivity contribution in [3.05, 3.63) is 29.8 Å². The van der Waals surface area contributed by atoms with Crippen molar-refractivity contribution in [3.8, 4) is 0 Å². The van der Waals surface area contributed by atoms with Gasteiger partial charge in [0.1, 0.15) is 0 Å². The third kappa shape index (κ3) is 3.81. The molecule has 0 bridgehead atoms. The number of hydrogen-bond acceptors (Lipinski definition) is 3. The minimum absolute atomic E-state index is 0.174. The van der Waals surface area contributed by atoms with Crippen molar-refractivity contribution in [2.24, 2.45) is 5.73 Å². The van der Waals surface area contributed by atoms with Crippen LogP contribution in [0.3, 0.4) is 0 Å².